The Balaban J connectivity index is 2.13. The predicted octanol–water partition coefficient (Wildman–Crippen LogP) is 3.52. The fourth-order valence-electron chi connectivity index (χ4n) is 2.15. The summed E-state index contributed by atoms with van der Waals surface area (Å²) in [5.74, 6) is -3.03. The summed E-state index contributed by atoms with van der Waals surface area (Å²) >= 11 is 0. The summed E-state index contributed by atoms with van der Waals surface area (Å²) in [6.45, 7) is 0. The molecule has 2 nitrogen and oxygen atoms in total. The average Bonchev–Trinajstić information content (AvgIpc) is 3.04. The van der Waals surface area contributed by atoms with E-state index >= 15 is 0 Å². The number of nitrogens with zero attached hydrogens (tertiary/aromatic N) is 2. The van der Waals surface area contributed by atoms with Crippen LogP contribution in [-0.2, 0) is 5.79 Å². The van der Waals surface area contributed by atoms with Crippen LogP contribution in [0, 0.1) is 0 Å². The summed E-state index contributed by atoms with van der Waals surface area (Å²) in [6.07, 6.45) is 3.85. The molecule has 1 heterocycles. The number of hydrogen-bond donors (Lipinski definition) is 0. The highest BCUT2D eigenvalue weighted by molar-refractivity contribution is 7.73. The maximum atomic E-state index is 15.0. The van der Waals surface area contributed by atoms with Crippen LogP contribution in [0.2, 0.25) is 0 Å². The molecule has 5 heteroatoms. The highest BCUT2D eigenvalue weighted by Crippen LogP contribution is 2.53. The van der Waals surface area contributed by atoms with Gasteiger partial charge in [-0.3, -0.25) is 4.57 Å². The van der Waals surface area contributed by atoms with Crippen LogP contribution in [-0.4, -0.2) is 9.55 Å². The van der Waals surface area contributed by atoms with Gasteiger partial charge < -0.3 is 0 Å². The summed E-state index contributed by atoms with van der Waals surface area (Å²) in [4.78, 5) is 3.75. The molecule has 0 bridgehead atoms. The second-order valence-electron chi connectivity index (χ2n) is 4.49. The number of imidazole rings is 1. The second kappa shape index (κ2) is 5.74. The van der Waals surface area contributed by atoms with Crippen molar-refractivity contribution in [2.24, 2.45) is 0 Å². The van der Waals surface area contributed by atoms with Crippen LogP contribution >= 0.6 is 7.92 Å². The maximum Gasteiger partial charge on any atom is 0.355 e. The lowest BCUT2D eigenvalue weighted by Gasteiger charge is -2.28. The van der Waals surface area contributed by atoms with Crippen molar-refractivity contribution >= 4 is 18.5 Å². The van der Waals surface area contributed by atoms with Crippen molar-refractivity contribution in [2.75, 3.05) is 0 Å². The van der Waals surface area contributed by atoms with Gasteiger partial charge in [-0.05, 0) is 10.6 Å². The molecule has 0 aliphatic rings. The van der Waals surface area contributed by atoms with Crippen molar-refractivity contribution in [1.29, 1.82) is 0 Å². The van der Waals surface area contributed by atoms with Crippen molar-refractivity contribution < 1.29 is 8.78 Å². The average molecular weight is 302 g/mol. The molecule has 106 valence electrons. The Kier molecular flexibility index (Phi) is 3.80. The largest absolute Gasteiger partial charge is 0.355 e. The van der Waals surface area contributed by atoms with E-state index < -0.39 is 13.7 Å². The monoisotopic (exact) mass is 302 g/mol. The number of rotatable bonds is 4. The minimum Gasteiger partial charge on any atom is -0.274 e. The van der Waals surface area contributed by atoms with Gasteiger partial charge in [0.15, 0.2) is 0 Å². The van der Waals surface area contributed by atoms with Crippen molar-refractivity contribution in [3.8, 4) is 0 Å². The topological polar surface area (TPSA) is 17.8 Å². The van der Waals surface area contributed by atoms with Crippen LogP contribution in [0.25, 0.3) is 0 Å². The Morgan fingerprint density at radius 1 is 0.857 bits per heavy atom. The van der Waals surface area contributed by atoms with Crippen LogP contribution in [0.15, 0.2) is 79.4 Å². The van der Waals surface area contributed by atoms with E-state index in [1.807, 2.05) is 12.1 Å². The molecular weight excluding hydrogens is 289 g/mol. The first kappa shape index (κ1) is 13.9. The smallest absolute Gasteiger partial charge is 0.274 e. The van der Waals surface area contributed by atoms with Crippen LogP contribution in [0.4, 0.5) is 8.78 Å². The summed E-state index contributed by atoms with van der Waals surface area (Å²) in [5, 5.41) is 1.27. The molecule has 3 rings (SSSR count). The van der Waals surface area contributed by atoms with Gasteiger partial charge >= 0.3 is 5.79 Å². The van der Waals surface area contributed by atoms with Gasteiger partial charge in [0.25, 0.3) is 0 Å². The van der Waals surface area contributed by atoms with Crippen molar-refractivity contribution in [3.63, 3.8) is 0 Å². The fourth-order valence-corrected chi connectivity index (χ4v) is 4.36. The van der Waals surface area contributed by atoms with Gasteiger partial charge in [0.05, 0.1) is 14.2 Å². The lowest BCUT2D eigenvalue weighted by Crippen LogP contribution is -2.29. The van der Waals surface area contributed by atoms with Crippen molar-refractivity contribution in [1.82, 2.24) is 9.55 Å². The zero-order chi connectivity index (χ0) is 14.7. The van der Waals surface area contributed by atoms with E-state index in [1.54, 1.807) is 48.5 Å². The normalized spacial score (nSPS) is 11.8. The molecule has 0 aliphatic heterocycles. The minimum atomic E-state index is -3.03. The molecule has 1 aromatic heterocycles. The third-order valence-electron chi connectivity index (χ3n) is 3.11. The summed E-state index contributed by atoms with van der Waals surface area (Å²) in [7, 11) is -1.86. The molecule has 0 saturated carbocycles. The first-order valence-corrected chi connectivity index (χ1v) is 7.80. The van der Waals surface area contributed by atoms with E-state index in [2.05, 4.69) is 4.98 Å². The Labute approximate surface area is 122 Å². The number of hydrogen-bond acceptors (Lipinski definition) is 1. The number of aromatic nitrogens is 2. The Hall–Kier alpha value is -2.06. The molecule has 0 N–H and O–H groups in total. The fraction of sp³-hybridized carbons (Fsp3) is 0.0625. The standard InChI is InChI=1S/C16H13F2N2P/c17-16(18,20-12-11-19-13-20)21(14-7-3-1-4-8-14)15-9-5-2-6-10-15/h1-13H. The SMILES string of the molecule is FC(F)(n1ccnc1)P(c1ccccc1)c1ccccc1. The van der Waals surface area contributed by atoms with Crippen LogP contribution in [0.3, 0.4) is 0 Å². The molecule has 0 amide bonds. The summed E-state index contributed by atoms with van der Waals surface area (Å²) in [5.41, 5.74) is 0. The summed E-state index contributed by atoms with van der Waals surface area (Å²) < 4.78 is 30.8. The van der Waals surface area contributed by atoms with E-state index in [-0.39, 0.29) is 0 Å². The molecule has 0 aliphatic carbocycles. The van der Waals surface area contributed by atoms with Crippen molar-refractivity contribution in [3.05, 3.63) is 79.4 Å². The number of alkyl halides is 2. The molecule has 0 fully saturated rings. The maximum absolute atomic E-state index is 15.0. The molecule has 3 aromatic rings. The number of benzene rings is 2. The molecular formula is C16H13F2N2P. The first-order valence-electron chi connectivity index (χ1n) is 6.46. The van der Waals surface area contributed by atoms with Gasteiger partial charge in [-0.2, -0.15) is 8.78 Å². The Morgan fingerprint density at radius 2 is 1.38 bits per heavy atom. The van der Waals surface area contributed by atoms with Gasteiger partial charge in [0, 0.05) is 12.4 Å². The first-order chi connectivity index (χ1) is 10.2. The third-order valence-corrected chi connectivity index (χ3v) is 5.51. The van der Waals surface area contributed by atoms with Crippen LogP contribution < -0.4 is 10.6 Å². The quantitative estimate of drug-likeness (QED) is 0.674. The van der Waals surface area contributed by atoms with Gasteiger partial charge in [-0.25, -0.2) is 4.98 Å². The molecule has 0 atom stereocenters. The predicted molar refractivity (Wildman–Crippen MR) is 81.5 cm³/mol. The molecule has 0 unspecified atom stereocenters. The van der Waals surface area contributed by atoms with Crippen LogP contribution in [0.1, 0.15) is 0 Å². The highest BCUT2D eigenvalue weighted by Gasteiger charge is 2.43. The van der Waals surface area contributed by atoms with E-state index in [1.165, 1.54) is 18.7 Å². The second-order valence-corrected chi connectivity index (χ2v) is 6.73. The van der Waals surface area contributed by atoms with Gasteiger partial charge in [0.2, 0.25) is 0 Å². The zero-order valence-corrected chi connectivity index (χ0v) is 12.0. The van der Waals surface area contributed by atoms with E-state index in [4.69, 9.17) is 0 Å². The summed E-state index contributed by atoms with van der Waals surface area (Å²) in [6, 6.07) is 17.8. The molecule has 0 saturated heterocycles. The Bertz CT molecular complexity index is 645. The van der Waals surface area contributed by atoms with Gasteiger partial charge in [0.1, 0.15) is 0 Å². The highest BCUT2D eigenvalue weighted by atomic mass is 31.1. The van der Waals surface area contributed by atoms with E-state index in [0.717, 1.165) is 4.57 Å². The van der Waals surface area contributed by atoms with Crippen LogP contribution in [0.5, 0.6) is 0 Å². The van der Waals surface area contributed by atoms with E-state index in [9.17, 15) is 8.78 Å². The molecule has 0 radical (unpaired) electrons. The lowest BCUT2D eigenvalue weighted by molar-refractivity contribution is 0.0183. The van der Waals surface area contributed by atoms with E-state index in [0.29, 0.717) is 10.6 Å². The third kappa shape index (κ3) is 2.72. The minimum absolute atomic E-state index is 0.636. The molecule has 0 spiro atoms. The lowest BCUT2D eigenvalue weighted by atomic mass is 10.4. The number of halogens is 2. The van der Waals surface area contributed by atoms with Gasteiger partial charge in [-0.1, -0.05) is 60.7 Å². The molecule has 2 aromatic carbocycles. The molecule has 21 heavy (non-hydrogen) atoms. The van der Waals surface area contributed by atoms with Gasteiger partial charge in [-0.15, -0.1) is 0 Å². The van der Waals surface area contributed by atoms with Crippen molar-refractivity contribution in [2.45, 2.75) is 5.79 Å². The Morgan fingerprint density at radius 3 is 1.81 bits per heavy atom. The zero-order valence-electron chi connectivity index (χ0n) is 11.1.